The van der Waals surface area contributed by atoms with Crippen molar-refractivity contribution in [1.82, 2.24) is 4.98 Å². The summed E-state index contributed by atoms with van der Waals surface area (Å²) in [5.74, 6) is 0.494. The van der Waals surface area contributed by atoms with E-state index in [1.54, 1.807) is 17.2 Å². The van der Waals surface area contributed by atoms with Gasteiger partial charge in [0, 0.05) is 32.0 Å². The quantitative estimate of drug-likeness (QED) is 0.583. The molecule has 7 heteroatoms. The Morgan fingerprint density at radius 2 is 2.22 bits per heavy atom. The highest BCUT2D eigenvalue weighted by atomic mass is 32.2. The molecule has 0 aliphatic rings. The number of pyridine rings is 1. The van der Waals surface area contributed by atoms with Crippen LogP contribution in [0.2, 0.25) is 0 Å². The van der Waals surface area contributed by atoms with Crippen molar-refractivity contribution in [2.24, 2.45) is 5.73 Å². The van der Waals surface area contributed by atoms with Crippen LogP contribution in [-0.4, -0.2) is 38.6 Å². The summed E-state index contributed by atoms with van der Waals surface area (Å²) in [6, 6.07) is 3.13. The van der Waals surface area contributed by atoms with Crippen LogP contribution >= 0.6 is 0 Å². The Kier molecular flexibility index (Phi) is 4.66. The SMILES string of the molecule is CCN(CCC(=N)N)c1ncccc1S(C)(=O)=O. The van der Waals surface area contributed by atoms with Gasteiger partial charge < -0.3 is 10.6 Å². The smallest absolute Gasteiger partial charge is 0.179 e. The van der Waals surface area contributed by atoms with Crippen molar-refractivity contribution in [1.29, 1.82) is 5.41 Å². The third-order valence-corrected chi connectivity index (χ3v) is 3.60. The lowest BCUT2D eigenvalue weighted by Crippen LogP contribution is -2.29. The van der Waals surface area contributed by atoms with E-state index in [4.69, 9.17) is 11.1 Å². The fourth-order valence-corrected chi connectivity index (χ4v) is 2.42. The maximum atomic E-state index is 11.7. The van der Waals surface area contributed by atoms with E-state index in [0.29, 0.717) is 25.3 Å². The first kappa shape index (κ1) is 14.4. The highest BCUT2D eigenvalue weighted by Crippen LogP contribution is 2.22. The van der Waals surface area contributed by atoms with Gasteiger partial charge in [0.1, 0.15) is 10.7 Å². The van der Waals surface area contributed by atoms with Crippen LogP contribution in [0.5, 0.6) is 0 Å². The minimum atomic E-state index is -3.32. The van der Waals surface area contributed by atoms with Gasteiger partial charge in [-0.15, -0.1) is 0 Å². The molecule has 0 atom stereocenters. The Hall–Kier alpha value is -1.63. The zero-order chi connectivity index (χ0) is 13.8. The van der Waals surface area contributed by atoms with Gasteiger partial charge in [0.2, 0.25) is 0 Å². The largest absolute Gasteiger partial charge is 0.388 e. The number of sulfone groups is 1. The average molecular weight is 270 g/mol. The first-order chi connectivity index (χ1) is 8.36. The van der Waals surface area contributed by atoms with Crippen LogP contribution in [0.4, 0.5) is 5.82 Å². The van der Waals surface area contributed by atoms with Gasteiger partial charge in [-0.1, -0.05) is 0 Å². The van der Waals surface area contributed by atoms with Crippen LogP contribution in [-0.2, 0) is 9.84 Å². The zero-order valence-electron chi connectivity index (χ0n) is 10.5. The molecule has 18 heavy (non-hydrogen) atoms. The third-order valence-electron chi connectivity index (χ3n) is 2.48. The minimum Gasteiger partial charge on any atom is -0.388 e. The van der Waals surface area contributed by atoms with E-state index in [1.165, 1.54) is 6.07 Å². The highest BCUT2D eigenvalue weighted by molar-refractivity contribution is 7.90. The lowest BCUT2D eigenvalue weighted by atomic mass is 10.3. The normalized spacial score (nSPS) is 11.2. The second kappa shape index (κ2) is 5.81. The van der Waals surface area contributed by atoms with E-state index in [-0.39, 0.29) is 10.7 Å². The Morgan fingerprint density at radius 1 is 1.56 bits per heavy atom. The van der Waals surface area contributed by atoms with Crippen molar-refractivity contribution in [2.45, 2.75) is 18.2 Å². The van der Waals surface area contributed by atoms with Crippen molar-refractivity contribution in [2.75, 3.05) is 24.2 Å². The number of nitrogens with one attached hydrogen (secondary N) is 1. The average Bonchev–Trinajstić information content (AvgIpc) is 2.29. The Balaban J connectivity index is 3.10. The molecule has 1 aromatic rings. The van der Waals surface area contributed by atoms with E-state index in [2.05, 4.69) is 4.98 Å². The van der Waals surface area contributed by atoms with Crippen molar-refractivity contribution in [3.63, 3.8) is 0 Å². The number of nitrogens with two attached hydrogens (primary N) is 1. The van der Waals surface area contributed by atoms with Gasteiger partial charge in [0.05, 0.1) is 5.84 Å². The van der Waals surface area contributed by atoms with E-state index < -0.39 is 9.84 Å². The van der Waals surface area contributed by atoms with Crippen molar-refractivity contribution >= 4 is 21.5 Å². The molecule has 0 spiro atoms. The number of aromatic nitrogens is 1. The van der Waals surface area contributed by atoms with Gasteiger partial charge in [0.25, 0.3) is 0 Å². The fourth-order valence-electron chi connectivity index (χ4n) is 1.58. The van der Waals surface area contributed by atoms with E-state index in [1.807, 2.05) is 6.92 Å². The lowest BCUT2D eigenvalue weighted by Gasteiger charge is -2.23. The Morgan fingerprint density at radius 3 is 2.72 bits per heavy atom. The van der Waals surface area contributed by atoms with Crippen LogP contribution in [0.3, 0.4) is 0 Å². The van der Waals surface area contributed by atoms with Crippen LogP contribution < -0.4 is 10.6 Å². The molecule has 0 aliphatic heterocycles. The van der Waals surface area contributed by atoms with Gasteiger partial charge >= 0.3 is 0 Å². The molecule has 1 aromatic heterocycles. The summed E-state index contributed by atoms with van der Waals surface area (Å²) in [4.78, 5) is 6.14. The molecular weight excluding hydrogens is 252 g/mol. The second-order valence-electron chi connectivity index (χ2n) is 3.95. The monoisotopic (exact) mass is 270 g/mol. The molecule has 0 saturated heterocycles. The maximum absolute atomic E-state index is 11.7. The topological polar surface area (TPSA) is 100 Å². The third kappa shape index (κ3) is 3.69. The summed E-state index contributed by atoms with van der Waals surface area (Å²) in [6.07, 6.45) is 3.10. The number of nitrogens with zero attached hydrogens (tertiary/aromatic N) is 2. The van der Waals surface area contributed by atoms with Crippen LogP contribution in [0.15, 0.2) is 23.2 Å². The molecule has 0 fully saturated rings. The van der Waals surface area contributed by atoms with Gasteiger partial charge in [0.15, 0.2) is 9.84 Å². The Bertz CT molecular complexity index is 528. The summed E-state index contributed by atoms with van der Waals surface area (Å²) in [5.41, 5.74) is 5.32. The molecule has 1 heterocycles. The fraction of sp³-hybridized carbons (Fsp3) is 0.455. The maximum Gasteiger partial charge on any atom is 0.179 e. The molecule has 0 bridgehead atoms. The summed E-state index contributed by atoms with van der Waals surface area (Å²) in [5, 5.41) is 7.21. The highest BCUT2D eigenvalue weighted by Gasteiger charge is 2.18. The molecule has 0 unspecified atom stereocenters. The number of hydrogen-bond acceptors (Lipinski definition) is 5. The predicted molar refractivity (Wildman–Crippen MR) is 71.8 cm³/mol. The molecule has 3 N–H and O–H groups in total. The van der Waals surface area contributed by atoms with E-state index in [0.717, 1.165) is 6.26 Å². The van der Waals surface area contributed by atoms with E-state index in [9.17, 15) is 8.42 Å². The summed E-state index contributed by atoms with van der Waals surface area (Å²) in [7, 11) is -3.32. The van der Waals surface area contributed by atoms with E-state index >= 15 is 0 Å². The Labute approximate surface area is 107 Å². The predicted octanol–water partition coefficient (Wildman–Crippen LogP) is 0.637. The molecule has 6 nitrogen and oxygen atoms in total. The first-order valence-electron chi connectivity index (χ1n) is 5.59. The van der Waals surface area contributed by atoms with Crippen LogP contribution in [0, 0.1) is 5.41 Å². The first-order valence-corrected chi connectivity index (χ1v) is 7.48. The van der Waals surface area contributed by atoms with Crippen molar-refractivity contribution < 1.29 is 8.42 Å². The molecule has 0 aliphatic carbocycles. The van der Waals surface area contributed by atoms with Crippen LogP contribution in [0.1, 0.15) is 13.3 Å². The molecule has 0 saturated carbocycles. The van der Waals surface area contributed by atoms with Gasteiger partial charge in [-0.05, 0) is 19.1 Å². The van der Waals surface area contributed by atoms with Crippen molar-refractivity contribution in [3.05, 3.63) is 18.3 Å². The molecule has 100 valence electrons. The van der Waals surface area contributed by atoms with Crippen LogP contribution in [0.25, 0.3) is 0 Å². The molecular formula is C11H18N4O2S. The number of amidine groups is 1. The summed E-state index contributed by atoms with van der Waals surface area (Å²) in [6.45, 7) is 2.99. The second-order valence-corrected chi connectivity index (χ2v) is 5.94. The molecule has 0 radical (unpaired) electrons. The minimum absolute atomic E-state index is 0.0743. The standard InChI is InChI=1S/C11H18N4O2S/c1-3-15(8-6-10(12)13)11-9(18(2,16)17)5-4-7-14-11/h4-5,7H,3,6,8H2,1-2H3,(H3,12,13). The van der Waals surface area contributed by atoms with Crippen molar-refractivity contribution in [3.8, 4) is 0 Å². The lowest BCUT2D eigenvalue weighted by molar-refractivity contribution is 0.601. The molecule has 0 aromatic carbocycles. The van der Waals surface area contributed by atoms with Gasteiger partial charge in [-0.25, -0.2) is 13.4 Å². The number of anilines is 1. The summed E-state index contributed by atoms with van der Waals surface area (Å²) < 4.78 is 23.4. The molecule has 0 amide bonds. The van der Waals surface area contributed by atoms with Gasteiger partial charge in [-0.2, -0.15) is 0 Å². The summed E-state index contributed by atoms with van der Waals surface area (Å²) >= 11 is 0. The number of hydrogen-bond donors (Lipinski definition) is 2. The number of rotatable bonds is 6. The zero-order valence-corrected chi connectivity index (χ0v) is 11.4. The van der Waals surface area contributed by atoms with Gasteiger partial charge in [-0.3, -0.25) is 5.41 Å². The molecule has 1 rings (SSSR count).